The minimum atomic E-state index is -0.543. The Balaban J connectivity index is 1.96. The second-order valence-electron chi connectivity index (χ2n) is 5.43. The van der Waals surface area contributed by atoms with Crippen molar-refractivity contribution in [1.29, 1.82) is 0 Å². The summed E-state index contributed by atoms with van der Waals surface area (Å²) >= 11 is 12.1. The van der Waals surface area contributed by atoms with Crippen molar-refractivity contribution in [1.82, 2.24) is 10.3 Å². The molecule has 2 aromatic rings. The molecule has 3 nitrogen and oxygen atoms in total. The summed E-state index contributed by atoms with van der Waals surface area (Å²) in [5, 5.41) is 3.40. The van der Waals surface area contributed by atoms with Gasteiger partial charge in [0.25, 0.3) is 0 Å². The van der Waals surface area contributed by atoms with E-state index in [0.717, 1.165) is 37.8 Å². The lowest BCUT2D eigenvalue weighted by Crippen LogP contribution is -2.22. The number of ether oxygens (including phenoxy) is 1. The molecule has 1 saturated heterocycles. The van der Waals surface area contributed by atoms with Gasteiger partial charge >= 0.3 is 0 Å². The normalized spacial score (nSPS) is 18.9. The largest absolute Gasteiger partial charge is 0.482 e. The second-order valence-corrected chi connectivity index (χ2v) is 6.24. The van der Waals surface area contributed by atoms with Crippen molar-refractivity contribution in [2.75, 3.05) is 13.1 Å². The monoisotopic (exact) mass is 358 g/mol. The maximum absolute atomic E-state index is 13.5. The third-order valence-corrected chi connectivity index (χ3v) is 4.35. The molecule has 0 spiro atoms. The molecular weight excluding hydrogens is 345 g/mol. The van der Waals surface area contributed by atoms with E-state index in [1.54, 1.807) is 6.20 Å². The van der Waals surface area contributed by atoms with Crippen LogP contribution in [0.1, 0.15) is 18.1 Å². The fourth-order valence-corrected chi connectivity index (χ4v) is 3.27. The number of nitrogens with one attached hydrogen (secondary N) is 1. The van der Waals surface area contributed by atoms with Gasteiger partial charge in [-0.1, -0.05) is 23.2 Å². The van der Waals surface area contributed by atoms with Crippen LogP contribution in [0.3, 0.4) is 0 Å². The van der Waals surface area contributed by atoms with Gasteiger partial charge in [-0.2, -0.15) is 0 Å². The van der Waals surface area contributed by atoms with Gasteiger partial charge in [-0.3, -0.25) is 4.98 Å². The minimum absolute atomic E-state index is 0.0790. The zero-order valence-electron chi connectivity index (χ0n) is 12.0. The summed E-state index contributed by atoms with van der Waals surface area (Å²) in [5.74, 6) is -0.691. The molecule has 1 aromatic heterocycles. The molecule has 1 fully saturated rings. The number of rotatable bonds is 4. The fraction of sp³-hybridized carbons (Fsp3) is 0.312. The van der Waals surface area contributed by atoms with Crippen molar-refractivity contribution < 1.29 is 13.5 Å². The first-order valence-corrected chi connectivity index (χ1v) is 7.92. The first kappa shape index (κ1) is 16.4. The Bertz CT molecular complexity index is 685. The van der Waals surface area contributed by atoms with Crippen molar-refractivity contribution in [2.45, 2.75) is 12.5 Å². The van der Waals surface area contributed by atoms with Crippen LogP contribution in [0.2, 0.25) is 10.0 Å². The van der Waals surface area contributed by atoms with E-state index in [1.807, 2.05) is 0 Å². The number of halogens is 4. The fourth-order valence-electron chi connectivity index (χ4n) is 2.72. The summed E-state index contributed by atoms with van der Waals surface area (Å²) in [4.78, 5) is 3.88. The van der Waals surface area contributed by atoms with Crippen molar-refractivity contribution in [3.63, 3.8) is 0 Å². The Kier molecular flexibility index (Phi) is 4.99. The van der Waals surface area contributed by atoms with E-state index in [1.165, 1.54) is 6.07 Å². The lowest BCUT2D eigenvalue weighted by Gasteiger charge is -2.25. The van der Waals surface area contributed by atoms with Crippen LogP contribution in [0.15, 0.2) is 30.6 Å². The van der Waals surface area contributed by atoms with Crippen LogP contribution in [0.4, 0.5) is 8.78 Å². The van der Waals surface area contributed by atoms with E-state index >= 15 is 0 Å². The molecule has 3 rings (SSSR count). The highest BCUT2D eigenvalue weighted by atomic mass is 35.5. The van der Waals surface area contributed by atoms with E-state index < -0.39 is 17.7 Å². The van der Waals surface area contributed by atoms with E-state index in [2.05, 4.69) is 10.3 Å². The average molecular weight is 359 g/mol. The molecule has 2 atom stereocenters. The Morgan fingerprint density at radius 3 is 2.48 bits per heavy atom. The maximum Gasteiger partial charge on any atom is 0.157 e. The highest BCUT2D eigenvalue weighted by molar-refractivity contribution is 6.37. The smallest absolute Gasteiger partial charge is 0.157 e. The number of benzene rings is 1. The first-order valence-electron chi connectivity index (χ1n) is 7.17. The van der Waals surface area contributed by atoms with Crippen LogP contribution in [0.5, 0.6) is 5.75 Å². The van der Waals surface area contributed by atoms with Crippen molar-refractivity contribution in [3.8, 4) is 5.75 Å². The van der Waals surface area contributed by atoms with E-state index in [4.69, 9.17) is 27.9 Å². The van der Waals surface area contributed by atoms with Gasteiger partial charge in [-0.05, 0) is 31.2 Å². The molecular formula is C16H14Cl2F2N2O. The third kappa shape index (κ3) is 3.74. The third-order valence-electron chi connectivity index (χ3n) is 3.79. The summed E-state index contributed by atoms with van der Waals surface area (Å²) in [5.41, 5.74) is 0.593. The average Bonchev–Trinajstić information content (AvgIpc) is 3.00. The van der Waals surface area contributed by atoms with Gasteiger partial charge in [0.15, 0.2) is 5.75 Å². The zero-order valence-corrected chi connectivity index (χ0v) is 13.5. The molecule has 0 radical (unpaired) electrons. The maximum atomic E-state index is 13.5. The molecule has 0 bridgehead atoms. The van der Waals surface area contributed by atoms with Gasteiger partial charge in [-0.15, -0.1) is 0 Å². The SMILES string of the molecule is Fc1cncc([C@H](Oc2c(Cl)cc(F)cc2Cl)[C@H]2CCNC2)c1. The lowest BCUT2D eigenvalue weighted by atomic mass is 9.96. The zero-order chi connectivity index (χ0) is 16.4. The van der Waals surface area contributed by atoms with Gasteiger partial charge < -0.3 is 10.1 Å². The number of pyridine rings is 1. The van der Waals surface area contributed by atoms with Crippen molar-refractivity contribution in [2.24, 2.45) is 5.92 Å². The molecule has 2 heterocycles. The second kappa shape index (κ2) is 6.99. The van der Waals surface area contributed by atoms with Crippen LogP contribution in [0, 0.1) is 17.6 Å². The summed E-state index contributed by atoms with van der Waals surface area (Å²) in [6.45, 7) is 1.57. The molecule has 0 saturated carbocycles. The van der Waals surface area contributed by atoms with Gasteiger partial charge in [0.1, 0.15) is 17.7 Å². The summed E-state index contributed by atoms with van der Waals surface area (Å²) in [6.07, 6.45) is 3.06. The molecule has 23 heavy (non-hydrogen) atoms. The van der Waals surface area contributed by atoms with Gasteiger partial charge in [0.2, 0.25) is 0 Å². The Hall–Kier alpha value is -1.43. The highest BCUT2D eigenvalue weighted by Gasteiger charge is 2.30. The molecule has 0 amide bonds. The van der Waals surface area contributed by atoms with Crippen LogP contribution in [-0.2, 0) is 0 Å². The van der Waals surface area contributed by atoms with E-state index in [0.29, 0.717) is 5.56 Å². The summed E-state index contributed by atoms with van der Waals surface area (Å²) in [7, 11) is 0. The molecule has 0 aliphatic carbocycles. The first-order chi connectivity index (χ1) is 11.0. The molecule has 0 unspecified atom stereocenters. The van der Waals surface area contributed by atoms with E-state index in [9.17, 15) is 8.78 Å². The van der Waals surface area contributed by atoms with E-state index in [-0.39, 0.29) is 21.7 Å². The predicted octanol–water partition coefficient (Wildman–Crippen LogP) is 4.40. The molecule has 1 aromatic carbocycles. The molecule has 7 heteroatoms. The van der Waals surface area contributed by atoms with Crippen molar-refractivity contribution >= 4 is 23.2 Å². The Labute approximate surface area is 142 Å². The van der Waals surface area contributed by atoms with Crippen LogP contribution in [-0.4, -0.2) is 18.1 Å². The number of hydrogen-bond acceptors (Lipinski definition) is 3. The van der Waals surface area contributed by atoms with Crippen LogP contribution < -0.4 is 10.1 Å². The standard InChI is InChI=1S/C16H14Cl2F2N2O/c17-13-4-11(19)5-14(18)16(13)23-15(9-1-2-21-6-9)10-3-12(20)8-22-7-10/h3-5,7-9,15,21H,1-2,6H2/t9-,15+/m0/s1. The Morgan fingerprint density at radius 1 is 1.13 bits per heavy atom. The van der Waals surface area contributed by atoms with Crippen molar-refractivity contribution in [3.05, 3.63) is 57.8 Å². The summed E-state index contributed by atoms with van der Waals surface area (Å²) in [6, 6.07) is 3.65. The number of nitrogens with zero attached hydrogens (tertiary/aromatic N) is 1. The lowest BCUT2D eigenvalue weighted by molar-refractivity contribution is 0.144. The van der Waals surface area contributed by atoms with Gasteiger partial charge in [-0.25, -0.2) is 8.78 Å². The predicted molar refractivity (Wildman–Crippen MR) is 85.0 cm³/mol. The molecule has 1 N–H and O–H groups in total. The molecule has 122 valence electrons. The van der Waals surface area contributed by atoms with Crippen LogP contribution >= 0.6 is 23.2 Å². The Morgan fingerprint density at radius 2 is 1.87 bits per heavy atom. The molecule has 1 aliphatic rings. The summed E-state index contributed by atoms with van der Waals surface area (Å²) < 4.78 is 32.8. The number of hydrogen-bond donors (Lipinski definition) is 1. The van der Waals surface area contributed by atoms with Gasteiger partial charge in [0.05, 0.1) is 16.2 Å². The highest BCUT2D eigenvalue weighted by Crippen LogP contribution is 2.39. The minimum Gasteiger partial charge on any atom is -0.482 e. The van der Waals surface area contributed by atoms with Gasteiger partial charge in [0, 0.05) is 24.2 Å². The van der Waals surface area contributed by atoms with Crippen LogP contribution in [0.25, 0.3) is 0 Å². The quantitative estimate of drug-likeness (QED) is 0.879. The topological polar surface area (TPSA) is 34.1 Å². The number of aromatic nitrogens is 1. The molecule has 1 aliphatic heterocycles.